The lowest BCUT2D eigenvalue weighted by Crippen LogP contribution is -2.02. The van der Waals surface area contributed by atoms with Gasteiger partial charge in [0.2, 0.25) is 0 Å². The first kappa shape index (κ1) is 31.0. The zero-order valence-electron chi connectivity index (χ0n) is 28.6. The predicted octanol–water partition coefficient (Wildman–Crippen LogP) is 13.0. The molecule has 10 aromatic rings. The van der Waals surface area contributed by atoms with Crippen molar-refractivity contribution in [3.05, 3.63) is 177 Å². The fourth-order valence-electron chi connectivity index (χ4n) is 7.54. The van der Waals surface area contributed by atoms with E-state index < -0.39 is 0 Å². The lowest BCUT2D eigenvalue weighted by atomic mass is 9.94. The maximum absolute atomic E-state index is 5.56. The van der Waals surface area contributed by atoms with Crippen LogP contribution in [0.5, 0.6) is 0 Å². The van der Waals surface area contributed by atoms with Crippen molar-refractivity contribution in [2.75, 3.05) is 0 Å². The van der Waals surface area contributed by atoms with Crippen molar-refractivity contribution >= 4 is 80.3 Å². The molecule has 10 rings (SSSR count). The van der Waals surface area contributed by atoms with Gasteiger partial charge in [0.05, 0.1) is 11.2 Å². The van der Waals surface area contributed by atoms with Gasteiger partial charge < -0.3 is 0 Å². The molecule has 0 amide bonds. The highest BCUT2D eigenvalue weighted by Gasteiger charge is 2.20. The molecular weight excluding hydrogens is 665 g/mol. The van der Waals surface area contributed by atoms with Gasteiger partial charge in [-0.2, -0.15) is 0 Å². The van der Waals surface area contributed by atoms with Crippen LogP contribution in [-0.4, -0.2) is 19.9 Å². The van der Waals surface area contributed by atoms with Crippen LogP contribution in [0.3, 0.4) is 0 Å². The Balaban J connectivity index is 1.17. The average molecular weight is 695 g/mol. The molecule has 0 aliphatic rings. The van der Waals surface area contributed by atoms with Crippen LogP contribution in [0.2, 0.25) is 0 Å². The summed E-state index contributed by atoms with van der Waals surface area (Å²) in [7, 11) is 0. The van der Waals surface area contributed by atoms with Gasteiger partial charge in [0.15, 0.2) is 17.5 Å². The van der Waals surface area contributed by atoms with E-state index in [1.807, 2.05) is 29.5 Å². The second-order valence-electron chi connectivity index (χ2n) is 13.1. The molecule has 0 aliphatic carbocycles. The Morgan fingerprint density at radius 1 is 0.509 bits per heavy atom. The molecule has 0 saturated carbocycles. The molecule has 5 heteroatoms. The molecule has 4 nitrogen and oxygen atoms in total. The van der Waals surface area contributed by atoms with Crippen LogP contribution in [0.25, 0.3) is 103 Å². The SMILES string of the molecule is C=C/C=C(\C=C)c1nc(-c2ccc(-c3nc4c(c5ccccc35)c3ccccc3c3sc5ccccc5c43)cc2)nc(-c2ccc3ccccc3c2)n1. The minimum Gasteiger partial charge on any atom is -0.246 e. The highest BCUT2D eigenvalue weighted by Crippen LogP contribution is 2.46. The maximum atomic E-state index is 5.56. The molecule has 3 aromatic heterocycles. The molecule has 0 saturated heterocycles. The van der Waals surface area contributed by atoms with Crippen molar-refractivity contribution in [1.82, 2.24) is 19.9 Å². The van der Waals surface area contributed by atoms with Crippen molar-refractivity contribution in [2.45, 2.75) is 0 Å². The van der Waals surface area contributed by atoms with Crippen molar-refractivity contribution in [2.24, 2.45) is 0 Å². The summed E-state index contributed by atoms with van der Waals surface area (Å²) in [4.78, 5) is 20.4. The fraction of sp³-hybridized carbons (Fsp3) is 0. The molecule has 7 aromatic carbocycles. The Morgan fingerprint density at radius 3 is 1.87 bits per heavy atom. The van der Waals surface area contributed by atoms with Gasteiger partial charge >= 0.3 is 0 Å². The smallest absolute Gasteiger partial charge is 0.164 e. The third kappa shape index (κ3) is 5.05. The number of pyridine rings is 1. The van der Waals surface area contributed by atoms with Gasteiger partial charge in [0, 0.05) is 58.6 Å². The monoisotopic (exact) mass is 694 g/mol. The summed E-state index contributed by atoms with van der Waals surface area (Å²) in [6.45, 7) is 7.91. The van der Waals surface area contributed by atoms with E-state index in [9.17, 15) is 0 Å². The number of allylic oxidation sites excluding steroid dienone is 4. The number of aromatic nitrogens is 4. The number of nitrogens with zero attached hydrogens (tertiary/aromatic N) is 4. The average Bonchev–Trinajstić information content (AvgIpc) is 3.62. The number of hydrogen-bond acceptors (Lipinski definition) is 5. The zero-order valence-corrected chi connectivity index (χ0v) is 29.4. The largest absolute Gasteiger partial charge is 0.246 e. The highest BCUT2D eigenvalue weighted by atomic mass is 32.1. The van der Waals surface area contributed by atoms with Crippen molar-refractivity contribution in [1.29, 1.82) is 0 Å². The second kappa shape index (κ2) is 12.4. The van der Waals surface area contributed by atoms with Crippen LogP contribution in [0.4, 0.5) is 0 Å². The summed E-state index contributed by atoms with van der Waals surface area (Å²) >= 11 is 1.85. The van der Waals surface area contributed by atoms with Gasteiger partial charge in [-0.1, -0.05) is 159 Å². The fourth-order valence-corrected chi connectivity index (χ4v) is 8.78. The minimum atomic E-state index is 0.540. The van der Waals surface area contributed by atoms with E-state index >= 15 is 0 Å². The first-order chi connectivity index (χ1) is 26.2. The van der Waals surface area contributed by atoms with Gasteiger partial charge in [-0.05, 0) is 33.7 Å². The molecule has 3 heterocycles. The third-order valence-corrected chi connectivity index (χ3v) is 11.2. The molecule has 0 spiro atoms. The molecule has 0 aliphatic heterocycles. The van der Waals surface area contributed by atoms with E-state index in [0.717, 1.165) is 49.6 Å². The zero-order chi connectivity index (χ0) is 35.5. The van der Waals surface area contributed by atoms with E-state index in [2.05, 4.69) is 141 Å². The van der Waals surface area contributed by atoms with Crippen LogP contribution >= 0.6 is 11.3 Å². The summed E-state index contributed by atoms with van der Waals surface area (Å²) < 4.78 is 2.54. The number of thiophene rings is 1. The van der Waals surface area contributed by atoms with Crippen molar-refractivity contribution in [3.8, 4) is 34.0 Å². The van der Waals surface area contributed by atoms with Crippen LogP contribution in [-0.2, 0) is 0 Å². The molecule has 0 unspecified atom stereocenters. The number of fused-ring (bicyclic) bond motifs is 11. The topological polar surface area (TPSA) is 51.6 Å². The first-order valence-electron chi connectivity index (χ1n) is 17.5. The Labute approximate surface area is 309 Å². The minimum absolute atomic E-state index is 0.540. The lowest BCUT2D eigenvalue weighted by molar-refractivity contribution is 1.04. The lowest BCUT2D eigenvalue weighted by Gasteiger charge is -2.14. The Hall–Kier alpha value is -6.82. The van der Waals surface area contributed by atoms with Crippen molar-refractivity contribution in [3.63, 3.8) is 0 Å². The van der Waals surface area contributed by atoms with Gasteiger partial charge in [-0.25, -0.2) is 19.9 Å². The van der Waals surface area contributed by atoms with E-state index in [1.54, 1.807) is 12.2 Å². The third-order valence-electron chi connectivity index (χ3n) is 10.0. The van der Waals surface area contributed by atoms with E-state index in [1.165, 1.54) is 41.7 Å². The number of hydrogen-bond donors (Lipinski definition) is 0. The second-order valence-corrected chi connectivity index (χ2v) is 14.1. The van der Waals surface area contributed by atoms with Crippen LogP contribution in [0.1, 0.15) is 5.82 Å². The maximum Gasteiger partial charge on any atom is 0.164 e. The molecule has 248 valence electrons. The van der Waals surface area contributed by atoms with Gasteiger partial charge in [-0.3, -0.25) is 0 Å². The van der Waals surface area contributed by atoms with Crippen LogP contribution in [0, 0.1) is 0 Å². The van der Waals surface area contributed by atoms with E-state index in [0.29, 0.717) is 17.5 Å². The molecule has 0 atom stereocenters. The van der Waals surface area contributed by atoms with Gasteiger partial charge in [0.25, 0.3) is 0 Å². The Kier molecular flexibility index (Phi) is 7.27. The normalized spacial score (nSPS) is 12.0. The van der Waals surface area contributed by atoms with Crippen molar-refractivity contribution < 1.29 is 0 Å². The highest BCUT2D eigenvalue weighted by molar-refractivity contribution is 7.27. The summed E-state index contributed by atoms with van der Waals surface area (Å²) in [5, 5.41) is 10.7. The van der Waals surface area contributed by atoms with Gasteiger partial charge in [0.1, 0.15) is 0 Å². The van der Waals surface area contributed by atoms with E-state index in [4.69, 9.17) is 19.9 Å². The molecule has 0 radical (unpaired) electrons. The predicted molar refractivity (Wildman–Crippen MR) is 225 cm³/mol. The number of rotatable bonds is 6. The van der Waals surface area contributed by atoms with Gasteiger partial charge in [-0.15, -0.1) is 11.3 Å². The summed E-state index contributed by atoms with van der Waals surface area (Å²) in [5.74, 6) is 1.72. The molecule has 0 N–H and O–H groups in total. The summed E-state index contributed by atoms with van der Waals surface area (Å²) in [6.07, 6.45) is 5.34. The Morgan fingerprint density at radius 2 is 1.11 bits per heavy atom. The summed E-state index contributed by atoms with van der Waals surface area (Å²) in [6, 6.07) is 49.1. The molecule has 0 bridgehead atoms. The molecule has 0 fully saturated rings. The first-order valence-corrected chi connectivity index (χ1v) is 18.4. The molecule has 53 heavy (non-hydrogen) atoms. The molecular formula is C48H30N4S. The quantitative estimate of drug-likeness (QED) is 0.128. The van der Waals surface area contributed by atoms with Crippen LogP contribution in [0.15, 0.2) is 171 Å². The number of benzene rings is 7. The van der Waals surface area contributed by atoms with Crippen LogP contribution < -0.4 is 0 Å². The standard InChI is InChI=1S/C48H30N4S/c1-3-13-29(4-2)46-50-47(52-48(51-46)34-27-22-30-14-5-6-15-33(30)28-34)32-25-23-31(24-26-32)43-37-18-9-7-16-35(37)41-36-17-8-10-19-38(36)45-42(44(41)49-43)39-20-11-12-21-40(39)53-45/h3-28H,1-2H2/b29-13+. The summed E-state index contributed by atoms with van der Waals surface area (Å²) in [5.41, 5.74) is 5.57. The van der Waals surface area contributed by atoms with E-state index in [-0.39, 0.29) is 0 Å². The Bertz CT molecular complexity index is 3150.